The maximum Gasteiger partial charge on any atom is 0.262 e. The highest BCUT2D eigenvalue weighted by Crippen LogP contribution is 2.31. The molecule has 0 aliphatic rings. The molecule has 0 bridgehead atoms. The number of carbonyl (C=O) groups excluding carboxylic acids is 1. The fourth-order valence-electron chi connectivity index (χ4n) is 2.29. The van der Waals surface area contributed by atoms with E-state index in [0.717, 1.165) is 11.3 Å². The van der Waals surface area contributed by atoms with Crippen molar-refractivity contribution in [2.75, 3.05) is 19.0 Å². The first-order chi connectivity index (χ1) is 10.9. The summed E-state index contributed by atoms with van der Waals surface area (Å²) in [6, 6.07) is 15.1. The molecule has 4 heteroatoms. The summed E-state index contributed by atoms with van der Waals surface area (Å²) >= 11 is 0. The number of hydrogen-bond donors (Lipinski definition) is 1. The molecule has 0 saturated heterocycles. The summed E-state index contributed by atoms with van der Waals surface area (Å²) in [6.07, 6.45) is 0. The molecule has 4 nitrogen and oxygen atoms in total. The third-order valence-electron chi connectivity index (χ3n) is 3.43. The number of para-hydroxylation sites is 3. The molecular formula is C19H23NO3. The first-order valence-electron chi connectivity index (χ1n) is 7.57. The summed E-state index contributed by atoms with van der Waals surface area (Å²) in [7, 11) is 1.57. The van der Waals surface area contributed by atoms with Gasteiger partial charge in [0.15, 0.2) is 6.61 Å². The number of ether oxygens (including phenoxy) is 2. The smallest absolute Gasteiger partial charge is 0.262 e. The number of methoxy groups -OCH3 is 1. The predicted molar refractivity (Wildman–Crippen MR) is 92.3 cm³/mol. The van der Waals surface area contributed by atoms with Crippen LogP contribution in [0.25, 0.3) is 0 Å². The second kappa shape index (κ2) is 7.18. The molecule has 0 aromatic heterocycles. The monoisotopic (exact) mass is 313 g/mol. The van der Waals surface area contributed by atoms with Gasteiger partial charge in [0.1, 0.15) is 11.5 Å². The van der Waals surface area contributed by atoms with E-state index in [4.69, 9.17) is 9.47 Å². The molecule has 0 aliphatic carbocycles. The molecule has 1 N–H and O–H groups in total. The summed E-state index contributed by atoms with van der Waals surface area (Å²) < 4.78 is 10.9. The van der Waals surface area contributed by atoms with Gasteiger partial charge in [-0.3, -0.25) is 4.79 Å². The molecule has 2 rings (SSSR count). The third-order valence-corrected chi connectivity index (χ3v) is 3.43. The fraction of sp³-hybridized carbons (Fsp3) is 0.316. The van der Waals surface area contributed by atoms with E-state index in [-0.39, 0.29) is 17.9 Å². The highest BCUT2D eigenvalue weighted by Gasteiger charge is 2.19. The van der Waals surface area contributed by atoms with Crippen LogP contribution in [0.3, 0.4) is 0 Å². The van der Waals surface area contributed by atoms with Crippen LogP contribution in [0.5, 0.6) is 11.5 Å². The first kappa shape index (κ1) is 16.9. The third kappa shape index (κ3) is 4.49. The molecule has 0 aliphatic heterocycles. The van der Waals surface area contributed by atoms with E-state index in [1.807, 2.05) is 36.4 Å². The highest BCUT2D eigenvalue weighted by molar-refractivity contribution is 5.93. The predicted octanol–water partition coefficient (Wildman–Crippen LogP) is 4.01. The summed E-state index contributed by atoms with van der Waals surface area (Å²) in [4.78, 5) is 12.1. The Labute approximate surface area is 137 Å². The van der Waals surface area contributed by atoms with Gasteiger partial charge >= 0.3 is 0 Å². The Hall–Kier alpha value is -2.49. The Morgan fingerprint density at radius 1 is 1.00 bits per heavy atom. The van der Waals surface area contributed by atoms with Crippen molar-refractivity contribution in [2.24, 2.45) is 0 Å². The first-order valence-corrected chi connectivity index (χ1v) is 7.57. The lowest BCUT2D eigenvalue weighted by Gasteiger charge is -2.22. The van der Waals surface area contributed by atoms with Gasteiger partial charge in [-0.2, -0.15) is 0 Å². The minimum absolute atomic E-state index is 0.0459. The zero-order valence-corrected chi connectivity index (χ0v) is 14.1. The lowest BCUT2D eigenvalue weighted by molar-refractivity contribution is -0.118. The Morgan fingerprint density at radius 2 is 1.61 bits per heavy atom. The maximum atomic E-state index is 12.1. The minimum Gasteiger partial charge on any atom is -0.495 e. The fourth-order valence-corrected chi connectivity index (χ4v) is 2.29. The van der Waals surface area contributed by atoms with E-state index in [1.54, 1.807) is 19.2 Å². The molecule has 0 fully saturated rings. The Kier molecular flexibility index (Phi) is 5.27. The van der Waals surface area contributed by atoms with Crippen LogP contribution in [0.1, 0.15) is 26.3 Å². The Bertz CT molecular complexity index is 674. The standard InChI is InChI=1S/C19H23NO3/c1-19(2,3)14-9-5-7-11-16(14)23-13-18(21)20-15-10-6-8-12-17(15)22-4/h5-12H,13H2,1-4H3,(H,20,21). The van der Waals surface area contributed by atoms with Gasteiger partial charge in [0, 0.05) is 0 Å². The van der Waals surface area contributed by atoms with Gasteiger partial charge in [0.2, 0.25) is 0 Å². The Morgan fingerprint density at radius 3 is 2.26 bits per heavy atom. The largest absolute Gasteiger partial charge is 0.495 e. The normalized spacial score (nSPS) is 11.0. The van der Waals surface area contributed by atoms with Crippen LogP contribution in [0.15, 0.2) is 48.5 Å². The molecule has 122 valence electrons. The zero-order chi connectivity index (χ0) is 16.9. The molecular weight excluding hydrogens is 290 g/mol. The molecule has 0 unspecified atom stereocenters. The molecule has 0 radical (unpaired) electrons. The van der Waals surface area contributed by atoms with Crippen LogP contribution in [0.4, 0.5) is 5.69 Å². The number of carbonyl (C=O) groups is 1. The van der Waals surface area contributed by atoms with Gasteiger partial charge in [0.05, 0.1) is 12.8 Å². The van der Waals surface area contributed by atoms with Crippen molar-refractivity contribution >= 4 is 11.6 Å². The number of rotatable bonds is 5. The number of anilines is 1. The SMILES string of the molecule is COc1ccccc1NC(=O)COc1ccccc1C(C)(C)C. The molecule has 2 aromatic rings. The molecule has 1 amide bonds. The van der Waals surface area contributed by atoms with Crippen molar-refractivity contribution < 1.29 is 14.3 Å². The number of benzene rings is 2. The van der Waals surface area contributed by atoms with E-state index in [9.17, 15) is 4.79 Å². The van der Waals surface area contributed by atoms with Crippen LogP contribution in [0, 0.1) is 0 Å². The highest BCUT2D eigenvalue weighted by atomic mass is 16.5. The number of nitrogens with one attached hydrogen (secondary N) is 1. The zero-order valence-electron chi connectivity index (χ0n) is 14.1. The average molecular weight is 313 g/mol. The van der Waals surface area contributed by atoms with Crippen molar-refractivity contribution in [3.63, 3.8) is 0 Å². The van der Waals surface area contributed by atoms with Crippen LogP contribution < -0.4 is 14.8 Å². The molecule has 2 aromatic carbocycles. The molecule has 0 heterocycles. The van der Waals surface area contributed by atoms with Crippen LogP contribution >= 0.6 is 0 Å². The molecule has 0 spiro atoms. The van der Waals surface area contributed by atoms with Crippen LogP contribution in [-0.4, -0.2) is 19.6 Å². The summed E-state index contributed by atoms with van der Waals surface area (Å²) in [6.45, 7) is 6.30. The number of amides is 1. The van der Waals surface area contributed by atoms with E-state index in [0.29, 0.717) is 11.4 Å². The van der Waals surface area contributed by atoms with Crippen molar-refractivity contribution in [3.05, 3.63) is 54.1 Å². The van der Waals surface area contributed by atoms with E-state index < -0.39 is 0 Å². The lowest BCUT2D eigenvalue weighted by Crippen LogP contribution is -2.22. The van der Waals surface area contributed by atoms with Crippen LogP contribution in [0.2, 0.25) is 0 Å². The lowest BCUT2D eigenvalue weighted by atomic mass is 9.86. The summed E-state index contributed by atoms with van der Waals surface area (Å²) in [5.74, 6) is 1.13. The van der Waals surface area contributed by atoms with Gasteiger partial charge < -0.3 is 14.8 Å². The summed E-state index contributed by atoms with van der Waals surface area (Å²) in [5, 5.41) is 2.80. The van der Waals surface area contributed by atoms with Gasteiger partial charge in [-0.25, -0.2) is 0 Å². The topological polar surface area (TPSA) is 47.6 Å². The van der Waals surface area contributed by atoms with E-state index in [2.05, 4.69) is 26.1 Å². The summed E-state index contributed by atoms with van der Waals surface area (Å²) in [5.41, 5.74) is 1.66. The minimum atomic E-state index is -0.224. The van der Waals surface area contributed by atoms with Crippen molar-refractivity contribution in [1.29, 1.82) is 0 Å². The molecule has 23 heavy (non-hydrogen) atoms. The van der Waals surface area contributed by atoms with Gasteiger partial charge in [-0.15, -0.1) is 0 Å². The second-order valence-electron chi connectivity index (χ2n) is 6.28. The van der Waals surface area contributed by atoms with Gasteiger partial charge in [-0.1, -0.05) is 51.1 Å². The van der Waals surface area contributed by atoms with Crippen molar-refractivity contribution in [2.45, 2.75) is 26.2 Å². The maximum absolute atomic E-state index is 12.1. The molecule has 0 saturated carbocycles. The Balaban J connectivity index is 2.03. The van der Waals surface area contributed by atoms with E-state index in [1.165, 1.54) is 0 Å². The molecule has 0 atom stereocenters. The number of hydrogen-bond acceptors (Lipinski definition) is 3. The average Bonchev–Trinajstić information content (AvgIpc) is 2.53. The van der Waals surface area contributed by atoms with Gasteiger partial charge in [-0.05, 0) is 29.2 Å². The van der Waals surface area contributed by atoms with Crippen molar-refractivity contribution in [3.8, 4) is 11.5 Å². The quantitative estimate of drug-likeness (QED) is 0.907. The second-order valence-corrected chi connectivity index (χ2v) is 6.28. The van der Waals surface area contributed by atoms with E-state index >= 15 is 0 Å². The van der Waals surface area contributed by atoms with Crippen molar-refractivity contribution in [1.82, 2.24) is 0 Å². The van der Waals surface area contributed by atoms with Gasteiger partial charge in [0.25, 0.3) is 5.91 Å². The van der Waals surface area contributed by atoms with Crippen LogP contribution in [-0.2, 0) is 10.2 Å².